The number of hydrogen-bond donors (Lipinski definition) is 2. The van der Waals surface area contributed by atoms with Crippen molar-refractivity contribution >= 4 is 5.82 Å². The second-order valence-electron chi connectivity index (χ2n) is 2.86. The van der Waals surface area contributed by atoms with Crippen molar-refractivity contribution in [3.05, 3.63) is 36.5 Å². The van der Waals surface area contributed by atoms with Crippen LogP contribution in [-0.4, -0.2) is 15.1 Å². The van der Waals surface area contributed by atoms with Crippen LogP contribution >= 0.6 is 0 Å². The Morgan fingerprint density at radius 3 is 2.79 bits per heavy atom. The first-order chi connectivity index (χ1) is 6.75. The smallest absolute Gasteiger partial charge is 0.161 e. The molecule has 0 bridgehead atoms. The Morgan fingerprint density at radius 1 is 1.21 bits per heavy atom. The largest absolute Gasteiger partial charge is 0.508 e. The molecule has 0 aliphatic carbocycles. The van der Waals surface area contributed by atoms with Gasteiger partial charge in [-0.25, -0.2) is 9.97 Å². The number of aromatic nitrogens is 2. The quantitative estimate of drug-likeness (QED) is 0.708. The van der Waals surface area contributed by atoms with E-state index < -0.39 is 0 Å². The van der Waals surface area contributed by atoms with E-state index in [1.165, 1.54) is 0 Å². The Hall–Kier alpha value is -2.10. The molecule has 0 atom stereocenters. The zero-order valence-corrected chi connectivity index (χ0v) is 7.38. The van der Waals surface area contributed by atoms with E-state index in [-0.39, 0.29) is 5.75 Å². The van der Waals surface area contributed by atoms with Gasteiger partial charge in [-0.2, -0.15) is 0 Å². The first-order valence-corrected chi connectivity index (χ1v) is 4.13. The Labute approximate surface area is 81.1 Å². The Bertz CT molecular complexity index is 413. The van der Waals surface area contributed by atoms with Crippen molar-refractivity contribution in [3.8, 4) is 17.1 Å². The summed E-state index contributed by atoms with van der Waals surface area (Å²) in [5.74, 6) is 1.12. The molecule has 0 aliphatic rings. The van der Waals surface area contributed by atoms with Crippen LogP contribution in [0.5, 0.6) is 5.75 Å². The zero-order valence-electron chi connectivity index (χ0n) is 7.38. The molecule has 0 fully saturated rings. The van der Waals surface area contributed by atoms with Crippen LogP contribution in [-0.2, 0) is 0 Å². The molecule has 0 saturated heterocycles. The van der Waals surface area contributed by atoms with E-state index in [1.54, 1.807) is 30.5 Å². The van der Waals surface area contributed by atoms with E-state index in [4.69, 9.17) is 5.73 Å². The van der Waals surface area contributed by atoms with Crippen LogP contribution in [0.2, 0.25) is 0 Å². The second-order valence-corrected chi connectivity index (χ2v) is 2.86. The van der Waals surface area contributed by atoms with Crippen molar-refractivity contribution in [1.29, 1.82) is 0 Å². The highest BCUT2D eigenvalue weighted by molar-refractivity contribution is 5.58. The molecule has 2 aromatic rings. The van der Waals surface area contributed by atoms with Crippen molar-refractivity contribution in [3.63, 3.8) is 0 Å². The number of nitrogens with two attached hydrogens (primary N) is 1. The maximum atomic E-state index is 9.26. The zero-order chi connectivity index (χ0) is 9.97. The van der Waals surface area contributed by atoms with Gasteiger partial charge in [-0.05, 0) is 18.2 Å². The summed E-state index contributed by atoms with van der Waals surface area (Å²) in [5.41, 5.74) is 6.27. The number of rotatable bonds is 1. The molecule has 1 aromatic heterocycles. The maximum absolute atomic E-state index is 9.26. The van der Waals surface area contributed by atoms with Crippen molar-refractivity contribution in [2.24, 2.45) is 0 Å². The molecular formula is C10H9N3O. The van der Waals surface area contributed by atoms with Crippen LogP contribution in [0, 0.1) is 0 Å². The summed E-state index contributed by atoms with van der Waals surface area (Å²) in [7, 11) is 0. The number of anilines is 1. The Kier molecular flexibility index (Phi) is 2.02. The minimum Gasteiger partial charge on any atom is -0.508 e. The number of nitrogens with zero attached hydrogens (tertiary/aromatic N) is 2. The van der Waals surface area contributed by atoms with E-state index in [2.05, 4.69) is 9.97 Å². The average Bonchev–Trinajstić information content (AvgIpc) is 2.18. The fraction of sp³-hybridized carbons (Fsp3) is 0. The van der Waals surface area contributed by atoms with Crippen LogP contribution in [0.25, 0.3) is 11.4 Å². The lowest BCUT2D eigenvalue weighted by atomic mass is 10.2. The molecule has 0 radical (unpaired) electrons. The molecule has 0 aliphatic heterocycles. The lowest BCUT2D eigenvalue weighted by Gasteiger charge is -2.00. The minimum atomic E-state index is 0.188. The second kappa shape index (κ2) is 3.33. The summed E-state index contributed by atoms with van der Waals surface area (Å²) in [6, 6.07) is 8.35. The van der Waals surface area contributed by atoms with E-state index in [1.807, 2.05) is 6.07 Å². The van der Waals surface area contributed by atoms with Crippen molar-refractivity contribution in [2.45, 2.75) is 0 Å². The van der Waals surface area contributed by atoms with E-state index >= 15 is 0 Å². The number of hydrogen-bond acceptors (Lipinski definition) is 4. The highest BCUT2D eigenvalue weighted by Gasteiger charge is 2.01. The Morgan fingerprint density at radius 2 is 2.07 bits per heavy atom. The number of nitrogen functional groups attached to an aromatic ring is 1. The van der Waals surface area contributed by atoms with E-state index in [0.29, 0.717) is 11.6 Å². The molecule has 0 saturated carbocycles. The van der Waals surface area contributed by atoms with Gasteiger partial charge in [0.25, 0.3) is 0 Å². The molecule has 4 nitrogen and oxygen atoms in total. The van der Waals surface area contributed by atoms with Gasteiger partial charge in [-0.1, -0.05) is 12.1 Å². The molecule has 2 rings (SSSR count). The van der Waals surface area contributed by atoms with Gasteiger partial charge in [0.1, 0.15) is 11.6 Å². The molecule has 3 N–H and O–H groups in total. The first-order valence-electron chi connectivity index (χ1n) is 4.13. The maximum Gasteiger partial charge on any atom is 0.161 e. The van der Waals surface area contributed by atoms with Gasteiger partial charge in [0, 0.05) is 11.8 Å². The number of benzene rings is 1. The van der Waals surface area contributed by atoms with Gasteiger partial charge in [0.15, 0.2) is 5.82 Å². The predicted molar refractivity (Wildman–Crippen MR) is 53.5 cm³/mol. The van der Waals surface area contributed by atoms with Crippen LogP contribution in [0.4, 0.5) is 5.82 Å². The summed E-state index contributed by atoms with van der Waals surface area (Å²) < 4.78 is 0. The topological polar surface area (TPSA) is 72.0 Å². The van der Waals surface area contributed by atoms with Crippen LogP contribution in [0.3, 0.4) is 0 Å². The molecule has 0 amide bonds. The highest BCUT2D eigenvalue weighted by Crippen LogP contribution is 2.19. The summed E-state index contributed by atoms with van der Waals surface area (Å²) in [5, 5.41) is 9.26. The lowest BCUT2D eigenvalue weighted by molar-refractivity contribution is 0.475. The van der Waals surface area contributed by atoms with E-state index in [9.17, 15) is 5.11 Å². The van der Waals surface area contributed by atoms with Crippen molar-refractivity contribution in [1.82, 2.24) is 9.97 Å². The van der Waals surface area contributed by atoms with Gasteiger partial charge in [0.05, 0.1) is 0 Å². The van der Waals surface area contributed by atoms with Crippen molar-refractivity contribution < 1.29 is 5.11 Å². The number of phenols is 1. The fourth-order valence-electron chi connectivity index (χ4n) is 1.16. The summed E-state index contributed by atoms with van der Waals surface area (Å²) in [6.07, 6.45) is 1.59. The van der Waals surface area contributed by atoms with Gasteiger partial charge in [0.2, 0.25) is 0 Å². The lowest BCUT2D eigenvalue weighted by Crippen LogP contribution is -1.94. The fourth-order valence-corrected chi connectivity index (χ4v) is 1.16. The monoisotopic (exact) mass is 187 g/mol. The third-order valence-corrected chi connectivity index (χ3v) is 1.78. The van der Waals surface area contributed by atoms with Gasteiger partial charge in [-0.15, -0.1) is 0 Å². The summed E-state index contributed by atoms with van der Waals surface area (Å²) in [4.78, 5) is 8.09. The third-order valence-electron chi connectivity index (χ3n) is 1.78. The highest BCUT2D eigenvalue weighted by atomic mass is 16.3. The standard InChI is InChI=1S/C10H9N3O/c11-9-4-5-12-10(13-9)7-2-1-3-8(14)6-7/h1-6,14H,(H2,11,12,13). The first kappa shape index (κ1) is 8.50. The average molecular weight is 187 g/mol. The van der Waals surface area contributed by atoms with Crippen molar-refractivity contribution in [2.75, 3.05) is 5.73 Å². The Balaban J connectivity index is 2.49. The summed E-state index contributed by atoms with van der Waals surface area (Å²) >= 11 is 0. The molecule has 0 spiro atoms. The third kappa shape index (κ3) is 1.64. The van der Waals surface area contributed by atoms with Crippen LogP contribution in [0.1, 0.15) is 0 Å². The van der Waals surface area contributed by atoms with Gasteiger partial charge < -0.3 is 10.8 Å². The molecule has 14 heavy (non-hydrogen) atoms. The minimum absolute atomic E-state index is 0.188. The van der Waals surface area contributed by atoms with Gasteiger partial charge >= 0.3 is 0 Å². The normalized spacial score (nSPS) is 10.0. The summed E-state index contributed by atoms with van der Waals surface area (Å²) in [6.45, 7) is 0. The van der Waals surface area contributed by atoms with Gasteiger partial charge in [-0.3, -0.25) is 0 Å². The number of aromatic hydroxyl groups is 1. The van der Waals surface area contributed by atoms with E-state index in [0.717, 1.165) is 5.56 Å². The number of phenolic OH excluding ortho intramolecular Hbond substituents is 1. The van der Waals surface area contributed by atoms with Crippen LogP contribution < -0.4 is 5.73 Å². The predicted octanol–water partition coefficient (Wildman–Crippen LogP) is 1.43. The molecule has 70 valence electrons. The molecule has 1 heterocycles. The SMILES string of the molecule is Nc1ccnc(-c2cccc(O)c2)n1. The molecular weight excluding hydrogens is 178 g/mol. The van der Waals surface area contributed by atoms with Crippen LogP contribution in [0.15, 0.2) is 36.5 Å². The molecule has 4 heteroatoms. The molecule has 1 aromatic carbocycles. The molecule has 0 unspecified atom stereocenters.